The summed E-state index contributed by atoms with van der Waals surface area (Å²) >= 11 is 0. The Morgan fingerprint density at radius 2 is 2.03 bits per heavy atom. The topological polar surface area (TPSA) is 29.4 Å². The maximum atomic E-state index is 12.8. The van der Waals surface area contributed by atoms with Gasteiger partial charge in [0, 0.05) is 29.3 Å². The SMILES string of the molecule is C=CC1=NC=C(C#Cc2cccc(CC(=O)c3ccc(CC)c(C)c3)c2)C1/C=C\C. The van der Waals surface area contributed by atoms with Crippen LogP contribution < -0.4 is 0 Å². The highest BCUT2D eigenvalue weighted by Gasteiger charge is 2.18. The van der Waals surface area contributed by atoms with E-state index in [1.165, 1.54) is 11.1 Å². The first kappa shape index (κ1) is 21.3. The number of aliphatic imine (C=N–C) groups is 1. The van der Waals surface area contributed by atoms with Crippen molar-refractivity contribution in [2.45, 2.75) is 33.6 Å². The van der Waals surface area contributed by atoms with Gasteiger partial charge in [-0.05, 0) is 61.2 Å². The lowest BCUT2D eigenvalue weighted by molar-refractivity contribution is 0.0993. The zero-order chi connectivity index (χ0) is 21.5. The Morgan fingerprint density at radius 3 is 2.73 bits per heavy atom. The monoisotopic (exact) mass is 393 g/mol. The lowest BCUT2D eigenvalue weighted by atomic mass is 9.95. The van der Waals surface area contributed by atoms with Crippen LogP contribution in [0.25, 0.3) is 0 Å². The van der Waals surface area contributed by atoms with Crippen molar-refractivity contribution >= 4 is 11.5 Å². The Labute approximate surface area is 179 Å². The molecule has 0 aromatic heterocycles. The van der Waals surface area contributed by atoms with Crippen LogP contribution in [-0.4, -0.2) is 11.5 Å². The highest BCUT2D eigenvalue weighted by atomic mass is 16.1. The minimum atomic E-state index is 0.0686. The molecule has 0 aliphatic carbocycles. The van der Waals surface area contributed by atoms with Gasteiger partial charge in [-0.3, -0.25) is 9.79 Å². The number of allylic oxidation sites excluding steroid dienone is 4. The first-order valence-electron chi connectivity index (χ1n) is 10.3. The van der Waals surface area contributed by atoms with E-state index in [0.717, 1.165) is 34.4 Å². The second-order valence-corrected chi connectivity index (χ2v) is 7.39. The van der Waals surface area contributed by atoms with Crippen LogP contribution in [0.4, 0.5) is 0 Å². The highest BCUT2D eigenvalue weighted by Crippen LogP contribution is 2.22. The third-order valence-electron chi connectivity index (χ3n) is 5.29. The normalized spacial score (nSPS) is 15.4. The largest absolute Gasteiger partial charge is 0.294 e. The molecule has 3 rings (SSSR count). The van der Waals surface area contributed by atoms with E-state index in [2.05, 4.69) is 49.4 Å². The number of benzene rings is 2. The van der Waals surface area contributed by atoms with E-state index in [1.54, 1.807) is 6.08 Å². The predicted octanol–water partition coefficient (Wildman–Crippen LogP) is 6.05. The Kier molecular flexibility index (Phi) is 6.99. The van der Waals surface area contributed by atoms with Crippen LogP contribution in [0.5, 0.6) is 0 Å². The summed E-state index contributed by atoms with van der Waals surface area (Å²) in [4.78, 5) is 17.1. The number of aryl methyl sites for hydroxylation is 2. The number of hydrogen-bond donors (Lipinski definition) is 0. The average Bonchev–Trinajstić information content (AvgIpc) is 3.14. The number of carbonyl (C=O) groups is 1. The number of rotatable bonds is 6. The van der Waals surface area contributed by atoms with Crippen molar-refractivity contribution in [2.24, 2.45) is 10.9 Å². The first-order valence-corrected chi connectivity index (χ1v) is 10.3. The van der Waals surface area contributed by atoms with Crippen LogP contribution in [0, 0.1) is 24.7 Å². The third-order valence-corrected chi connectivity index (χ3v) is 5.29. The summed E-state index contributed by atoms with van der Waals surface area (Å²) in [5.74, 6) is 6.66. The fourth-order valence-electron chi connectivity index (χ4n) is 3.61. The van der Waals surface area contributed by atoms with Gasteiger partial charge in [-0.15, -0.1) is 0 Å². The molecule has 0 saturated heterocycles. The van der Waals surface area contributed by atoms with E-state index in [1.807, 2.05) is 55.6 Å². The van der Waals surface area contributed by atoms with Crippen molar-refractivity contribution in [2.75, 3.05) is 0 Å². The van der Waals surface area contributed by atoms with Gasteiger partial charge in [0.2, 0.25) is 0 Å². The van der Waals surface area contributed by atoms with Gasteiger partial charge in [0.05, 0.1) is 11.6 Å². The molecule has 2 aromatic rings. The maximum Gasteiger partial charge on any atom is 0.167 e. The number of Topliss-reactive ketones (excluding diaryl/α,β-unsaturated/α-hetero) is 1. The third kappa shape index (κ3) is 4.93. The van der Waals surface area contributed by atoms with E-state index >= 15 is 0 Å². The molecule has 0 bridgehead atoms. The molecule has 1 atom stereocenters. The van der Waals surface area contributed by atoms with E-state index in [4.69, 9.17) is 0 Å². The summed E-state index contributed by atoms with van der Waals surface area (Å²) in [5, 5.41) is 0. The molecule has 2 nitrogen and oxygen atoms in total. The minimum Gasteiger partial charge on any atom is -0.294 e. The molecule has 2 aromatic carbocycles. The van der Waals surface area contributed by atoms with Crippen LogP contribution in [-0.2, 0) is 12.8 Å². The fourth-order valence-corrected chi connectivity index (χ4v) is 3.61. The molecule has 1 unspecified atom stereocenters. The van der Waals surface area contributed by atoms with Gasteiger partial charge in [0.15, 0.2) is 5.78 Å². The quantitative estimate of drug-likeness (QED) is 0.334. The summed E-state index contributed by atoms with van der Waals surface area (Å²) < 4.78 is 0. The van der Waals surface area contributed by atoms with Crippen molar-refractivity contribution in [1.29, 1.82) is 0 Å². The number of carbonyl (C=O) groups excluding carboxylic acids is 1. The zero-order valence-electron chi connectivity index (χ0n) is 17.9. The Balaban J connectivity index is 1.75. The van der Waals surface area contributed by atoms with Gasteiger partial charge in [0.1, 0.15) is 0 Å². The minimum absolute atomic E-state index is 0.0686. The van der Waals surface area contributed by atoms with E-state index < -0.39 is 0 Å². The van der Waals surface area contributed by atoms with E-state index in [9.17, 15) is 4.79 Å². The van der Waals surface area contributed by atoms with Crippen molar-refractivity contribution in [3.63, 3.8) is 0 Å². The lowest BCUT2D eigenvalue weighted by Crippen LogP contribution is -2.07. The summed E-state index contributed by atoms with van der Waals surface area (Å²) in [5.41, 5.74) is 6.95. The lowest BCUT2D eigenvalue weighted by Gasteiger charge is -2.07. The predicted molar refractivity (Wildman–Crippen MR) is 126 cm³/mol. The fraction of sp³-hybridized carbons (Fsp3) is 0.214. The summed E-state index contributed by atoms with van der Waals surface area (Å²) in [6.07, 6.45) is 9.02. The molecule has 1 aliphatic heterocycles. The van der Waals surface area contributed by atoms with E-state index in [-0.39, 0.29) is 11.7 Å². The molecule has 0 N–H and O–H groups in total. The standard InChI is InChI=1S/C28H27NO/c1-5-9-26-25(19-29-27(26)7-3)13-12-21-10-8-11-22(17-21)18-28(30)24-15-14-23(6-2)20(4)16-24/h5,7-11,14-17,19,26H,3,6,18H2,1-2,4H3/b9-5-. The van der Waals surface area contributed by atoms with Crippen LogP contribution in [0.15, 0.2) is 84.0 Å². The molecule has 1 aliphatic rings. The molecule has 1 heterocycles. The maximum absolute atomic E-state index is 12.8. The van der Waals surface area contributed by atoms with Gasteiger partial charge >= 0.3 is 0 Å². The van der Waals surface area contributed by atoms with Crippen molar-refractivity contribution in [1.82, 2.24) is 0 Å². The molecule has 0 spiro atoms. The second-order valence-electron chi connectivity index (χ2n) is 7.39. The Hall–Kier alpha value is -3.44. The van der Waals surface area contributed by atoms with Crippen molar-refractivity contribution < 1.29 is 4.79 Å². The summed E-state index contributed by atoms with van der Waals surface area (Å²) in [7, 11) is 0. The van der Waals surface area contributed by atoms with Crippen molar-refractivity contribution in [3.05, 3.63) is 107 Å². The number of hydrogen-bond acceptors (Lipinski definition) is 2. The van der Waals surface area contributed by atoms with Gasteiger partial charge in [0.25, 0.3) is 0 Å². The Morgan fingerprint density at radius 1 is 1.20 bits per heavy atom. The summed E-state index contributed by atoms with van der Waals surface area (Å²) in [6.45, 7) is 10.0. The average molecular weight is 394 g/mol. The summed E-state index contributed by atoms with van der Waals surface area (Å²) in [6, 6.07) is 13.9. The Bertz CT molecular complexity index is 1120. The molecular weight excluding hydrogens is 366 g/mol. The van der Waals surface area contributed by atoms with Crippen LogP contribution in [0.2, 0.25) is 0 Å². The van der Waals surface area contributed by atoms with E-state index in [0.29, 0.717) is 6.42 Å². The highest BCUT2D eigenvalue weighted by molar-refractivity contribution is 6.02. The van der Waals surface area contributed by atoms with Crippen molar-refractivity contribution in [3.8, 4) is 11.8 Å². The van der Waals surface area contributed by atoms with Gasteiger partial charge < -0.3 is 0 Å². The molecule has 30 heavy (non-hydrogen) atoms. The van der Waals surface area contributed by atoms with Gasteiger partial charge in [-0.2, -0.15) is 0 Å². The number of ketones is 1. The smallest absolute Gasteiger partial charge is 0.167 e. The molecule has 150 valence electrons. The first-order chi connectivity index (χ1) is 14.5. The molecule has 2 heteroatoms. The van der Waals surface area contributed by atoms with Crippen LogP contribution in [0.1, 0.15) is 46.5 Å². The molecule has 0 amide bonds. The molecule has 0 saturated carbocycles. The van der Waals surface area contributed by atoms with Gasteiger partial charge in [-0.1, -0.05) is 61.8 Å². The van der Waals surface area contributed by atoms with Crippen LogP contribution in [0.3, 0.4) is 0 Å². The molecule has 0 radical (unpaired) electrons. The molecule has 0 fully saturated rings. The zero-order valence-corrected chi connectivity index (χ0v) is 17.9. The second kappa shape index (κ2) is 9.85. The number of nitrogens with zero attached hydrogens (tertiary/aromatic N) is 1. The van der Waals surface area contributed by atoms with Crippen LogP contribution >= 0.6 is 0 Å². The molecular formula is C28H27NO. The van der Waals surface area contributed by atoms with Gasteiger partial charge in [-0.25, -0.2) is 0 Å².